The van der Waals surface area contributed by atoms with Gasteiger partial charge in [0.2, 0.25) is 5.91 Å². The molecule has 0 spiro atoms. The average Bonchev–Trinajstić information content (AvgIpc) is 3.15. The number of carbonyl (C=O) groups excluding carboxylic acids is 1. The van der Waals surface area contributed by atoms with Crippen molar-refractivity contribution >= 4 is 39.0 Å². The van der Waals surface area contributed by atoms with Gasteiger partial charge in [0.15, 0.2) is 0 Å². The molecule has 0 radical (unpaired) electrons. The van der Waals surface area contributed by atoms with Crippen LogP contribution in [-0.4, -0.2) is 29.5 Å². The van der Waals surface area contributed by atoms with Gasteiger partial charge >= 0.3 is 0 Å². The first-order valence-corrected chi connectivity index (χ1v) is 10.7. The smallest absolute Gasteiger partial charge is 0.243 e. The molecule has 2 aromatic carbocycles. The lowest BCUT2D eigenvalue weighted by Crippen LogP contribution is -2.31. The topological polar surface area (TPSA) is 58.1 Å². The fourth-order valence-corrected chi connectivity index (χ4v) is 4.74. The maximum atomic E-state index is 12.8. The zero-order valence-electron chi connectivity index (χ0n) is 17.6. The van der Waals surface area contributed by atoms with Gasteiger partial charge in [-0.15, -0.1) is 11.3 Å². The number of rotatable bonds is 5. The van der Waals surface area contributed by atoms with Crippen molar-refractivity contribution in [1.82, 2.24) is 9.97 Å². The minimum absolute atomic E-state index is 0.0733. The molecule has 1 N–H and O–H groups in total. The zero-order chi connectivity index (χ0) is 21.3. The molecule has 0 saturated heterocycles. The Kier molecular flexibility index (Phi) is 5.50. The second-order valence-electron chi connectivity index (χ2n) is 7.57. The predicted molar refractivity (Wildman–Crippen MR) is 125 cm³/mol. The molecule has 0 aliphatic rings. The van der Waals surface area contributed by atoms with Crippen molar-refractivity contribution in [3.8, 4) is 11.1 Å². The third kappa shape index (κ3) is 3.91. The Balaban J connectivity index is 1.62. The van der Waals surface area contributed by atoms with Gasteiger partial charge in [0, 0.05) is 23.7 Å². The number of nitrogens with zero attached hydrogens (tertiary/aromatic N) is 3. The molecule has 4 rings (SSSR count). The minimum atomic E-state index is -0.0733. The molecule has 0 atom stereocenters. The number of benzene rings is 2. The highest BCUT2D eigenvalue weighted by Gasteiger charge is 2.18. The normalized spacial score (nSPS) is 10.9. The second-order valence-corrected chi connectivity index (χ2v) is 8.43. The molecule has 30 heavy (non-hydrogen) atoms. The van der Waals surface area contributed by atoms with Crippen LogP contribution in [0.3, 0.4) is 0 Å². The quantitative estimate of drug-likeness (QED) is 0.476. The molecule has 4 aromatic rings. The number of thiophene rings is 1. The second kappa shape index (κ2) is 8.24. The highest BCUT2D eigenvalue weighted by Crippen LogP contribution is 2.37. The number of carbonyl (C=O) groups is 1. The fourth-order valence-electron chi connectivity index (χ4n) is 3.83. The molecule has 2 heterocycles. The predicted octanol–water partition coefficient (Wildman–Crippen LogP) is 5.36. The molecule has 0 saturated carbocycles. The van der Waals surface area contributed by atoms with Crippen LogP contribution in [0.4, 0.5) is 11.5 Å². The van der Waals surface area contributed by atoms with Crippen molar-refractivity contribution in [3.63, 3.8) is 0 Å². The lowest BCUT2D eigenvalue weighted by Gasteiger charge is -2.20. The maximum Gasteiger partial charge on any atom is 0.243 e. The molecule has 6 heteroatoms. The van der Waals surface area contributed by atoms with Gasteiger partial charge < -0.3 is 10.2 Å². The lowest BCUT2D eigenvalue weighted by molar-refractivity contribution is -0.114. The van der Waals surface area contributed by atoms with Crippen LogP contribution in [0.25, 0.3) is 21.3 Å². The van der Waals surface area contributed by atoms with Crippen molar-refractivity contribution in [2.24, 2.45) is 0 Å². The Labute approximate surface area is 180 Å². The molecule has 152 valence electrons. The van der Waals surface area contributed by atoms with Gasteiger partial charge in [0.25, 0.3) is 0 Å². The van der Waals surface area contributed by atoms with Crippen LogP contribution in [0.15, 0.2) is 54.2 Å². The molecule has 0 aliphatic carbocycles. The van der Waals surface area contributed by atoms with Crippen molar-refractivity contribution in [2.45, 2.75) is 20.8 Å². The number of hydrogen-bond acceptors (Lipinski definition) is 5. The van der Waals surface area contributed by atoms with Crippen LogP contribution >= 0.6 is 11.3 Å². The summed E-state index contributed by atoms with van der Waals surface area (Å²) in [5.74, 6) is 0.684. The molecule has 2 aromatic heterocycles. The van der Waals surface area contributed by atoms with Crippen LogP contribution in [0.2, 0.25) is 0 Å². The van der Waals surface area contributed by atoms with E-state index in [0.717, 1.165) is 44.0 Å². The molecule has 0 fully saturated rings. The molecular formula is C24H24N4OS. The third-order valence-corrected chi connectivity index (χ3v) is 6.01. The summed E-state index contributed by atoms with van der Waals surface area (Å²) in [7, 11) is 1.89. The summed E-state index contributed by atoms with van der Waals surface area (Å²) in [6.45, 7) is 6.30. The van der Waals surface area contributed by atoms with E-state index in [4.69, 9.17) is 0 Å². The number of likely N-dealkylation sites (N-methyl/N-ethyl adjacent to an activating group) is 1. The summed E-state index contributed by atoms with van der Waals surface area (Å²) < 4.78 is 0. The van der Waals surface area contributed by atoms with Crippen molar-refractivity contribution in [1.29, 1.82) is 0 Å². The highest BCUT2D eigenvalue weighted by molar-refractivity contribution is 7.17. The Morgan fingerprint density at radius 3 is 2.47 bits per heavy atom. The van der Waals surface area contributed by atoms with Gasteiger partial charge in [0.05, 0.1) is 11.9 Å². The largest absolute Gasteiger partial charge is 0.350 e. The highest BCUT2D eigenvalue weighted by atomic mass is 32.1. The lowest BCUT2D eigenvalue weighted by atomic mass is 10.1. The van der Waals surface area contributed by atoms with Crippen LogP contribution in [-0.2, 0) is 4.79 Å². The SMILES string of the molecule is Cc1cc(C)c(NC(=O)CN(C)c2ncnc3scc(-c4ccccc4)c23)c(C)c1. The van der Waals surface area contributed by atoms with E-state index in [1.165, 1.54) is 5.56 Å². The number of amides is 1. The Morgan fingerprint density at radius 2 is 1.77 bits per heavy atom. The molecule has 0 bridgehead atoms. The van der Waals surface area contributed by atoms with Crippen LogP contribution in [0.5, 0.6) is 0 Å². The van der Waals surface area contributed by atoms with Crippen molar-refractivity contribution in [3.05, 3.63) is 70.9 Å². The summed E-state index contributed by atoms with van der Waals surface area (Å²) >= 11 is 1.59. The van der Waals surface area contributed by atoms with Gasteiger partial charge in [-0.1, -0.05) is 48.0 Å². The summed E-state index contributed by atoms with van der Waals surface area (Å²) in [4.78, 5) is 24.6. The van der Waals surface area contributed by atoms with Gasteiger partial charge in [-0.05, 0) is 37.5 Å². The van der Waals surface area contributed by atoms with Crippen molar-refractivity contribution in [2.75, 3.05) is 23.8 Å². The molecule has 0 aliphatic heterocycles. The Bertz CT molecular complexity index is 1190. The van der Waals surface area contributed by atoms with Gasteiger partial charge in [-0.3, -0.25) is 4.79 Å². The summed E-state index contributed by atoms with van der Waals surface area (Å²) in [5.41, 5.74) is 6.41. The van der Waals surface area contributed by atoms with Gasteiger partial charge in [-0.2, -0.15) is 0 Å². The van der Waals surface area contributed by atoms with Crippen molar-refractivity contribution < 1.29 is 4.79 Å². The first-order chi connectivity index (χ1) is 14.4. The van der Waals surface area contributed by atoms with Crippen LogP contribution < -0.4 is 10.2 Å². The molecular weight excluding hydrogens is 392 g/mol. The summed E-state index contributed by atoms with van der Waals surface area (Å²) in [6, 6.07) is 14.4. The van der Waals surface area contributed by atoms with Gasteiger partial charge in [-0.25, -0.2) is 9.97 Å². The number of aryl methyl sites for hydroxylation is 3. The number of fused-ring (bicyclic) bond motifs is 1. The first kappa shape index (κ1) is 20.0. The molecule has 5 nitrogen and oxygen atoms in total. The van der Waals surface area contributed by atoms with E-state index in [1.807, 2.05) is 44.0 Å². The minimum Gasteiger partial charge on any atom is -0.350 e. The Morgan fingerprint density at radius 1 is 1.07 bits per heavy atom. The molecule has 0 unspecified atom stereocenters. The Hall–Kier alpha value is -3.25. The van der Waals surface area contributed by atoms with E-state index in [0.29, 0.717) is 0 Å². The number of hydrogen-bond donors (Lipinski definition) is 1. The monoisotopic (exact) mass is 416 g/mol. The number of aromatic nitrogens is 2. The van der Waals surface area contributed by atoms with Crippen LogP contribution in [0, 0.1) is 20.8 Å². The molecule has 1 amide bonds. The van der Waals surface area contributed by atoms with E-state index < -0.39 is 0 Å². The van der Waals surface area contributed by atoms with Gasteiger partial charge in [0.1, 0.15) is 17.0 Å². The fraction of sp³-hybridized carbons (Fsp3) is 0.208. The first-order valence-electron chi connectivity index (χ1n) is 9.80. The van der Waals surface area contributed by atoms with E-state index in [9.17, 15) is 4.79 Å². The van der Waals surface area contributed by atoms with E-state index in [-0.39, 0.29) is 12.5 Å². The average molecular weight is 417 g/mol. The standard InChI is InChI=1S/C24H24N4OS/c1-15-10-16(2)22(17(3)11-15)27-20(29)12-28(4)23-21-19(18-8-6-5-7-9-18)13-30-24(21)26-14-25-23/h5-11,13-14H,12H2,1-4H3,(H,27,29). The van der Waals surface area contributed by atoms with E-state index >= 15 is 0 Å². The maximum absolute atomic E-state index is 12.8. The third-order valence-electron chi connectivity index (χ3n) is 5.12. The number of anilines is 2. The van der Waals surface area contributed by atoms with E-state index in [1.54, 1.807) is 17.7 Å². The van der Waals surface area contributed by atoms with E-state index in [2.05, 4.69) is 51.9 Å². The summed E-state index contributed by atoms with van der Waals surface area (Å²) in [6.07, 6.45) is 1.56. The zero-order valence-corrected chi connectivity index (χ0v) is 18.4. The number of nitrogens with one attached hydrogen (secondary N) is 1. The van der Waals surface area contributed by atoms with Crippen LogP contribution in [0.1, 0.15) is 16.7 Å². The summed E-state index contributed by atoms with van der Waals surface area (Å²) in [5, 5.41) is 6.15.